The first kappa shape index (κ1) is 14.4. The van der Waals surface area contributed by atoms with E-state index >= 15 is 0 Å². The molecule has 0 aliphatic heterocycles. The highest BCUT2D eigenvalue weighted by molar-refractivity contribution is 8.00. The molecule has 5 nitrogen and oxygen atoms in total. The van der Waals surface area contributed by atoms with Gasteiger partial charge < -0.3 is 11.1 Å². The number of nitrogen functional groups attached to an aromatic ring is 1. The van der Waals surface area contributed by atoms with Crippen LogP contribution < -0.4 is 16.4 Å². The van der Waals surface area contributed by atoms with Crippen molar-refractivity contribution in [2.75, 3.05) is 12.8 Å². The van der Waals surface area contributed by atoms with Crippen molar-refractivity contribution in [2.24, 2.45) is 0 Å². The van der Waals surface area contributed by atoms with Crippen LogP contribution in [0.25, 0.3) is 0 Å². The summed E-state index contributed by atoms with van der Waals surface area (Å²) in [6, 6.07) is 5.15. The van der Waals surface area contributed by atoms with E-state index in [-0.39, 0.29) is 5.91 Å². The zero-order valence-corrected chi connectivity index (χ0v) is 11.4. The number of para-hydroxylation sites is 1. The fourth-order valence-electron chi connectivity index (χ4n) is 1.28. The lowest BCUT2D eigenvalue weighted by Crippen LogP contribution is -2.41. The van der Waals surface area contributed by atoms with Crippen LogP contribution >= 0.6 is 11.8 Å². The molecule has 1 atom stereocenters. The maximum atomic E-state index is 11.7. The molecule has 0 spiro atoms. The molecular formula is C12H17N3O2S. The summed E-state index contributed by atoms with van der Waals surface area (Å²) in [5.74, 6) is -0.347. The van der Waals surface area contributed by atoms with Crippen LogP contribution in [0.3, 0.4) is 0 Å². The molecule has 1 aromatic rings. The molecule has 1 rings (SSSR count). The molecule has 0 saturated heterocycles. The van der Waals surface area contributed by atoms with Gasteiger partial charge in [0.2, 0.25) is 5.91 Å². The Labute approximate surface area is 111 Å². The summed E-state index contributed by atoms with van der Waals surface area (Å²) in [6.07, 6.45) is 0. The number of nitrogens with one attached hydrogen (secondary N) is 2. The summed E-state index contributed by atoms with van der Waals surface area (Å²) in [4.78, 5) is 23.5. The van der Waals surface area contributed by atoms with Crippen molar-refractivity contribution < 1.29 is 9.59 Å². The van der Waals surface area contributed by atoms with E-state index in [2.05, 4.69) is 10.6 Å². The standard InChI is InChI=1S/C12H17N3O2S/c1-7-5-4-6-9(10(7)13)18-8(2)11(16)15-12(17)14-3/h4-6,8H,13H2,1-3H3,(H2,14,15,16,17). The van der Waals surface area contributed by atoms with Crippen molar-refractivity contribution in [3.63, 3.8) is 0 Å². The molecular weight excluding hydrogens is 250 g/mol. The number of hydrogen-bond donors (Lipinski definition) is 3. The van der Waals surface area contributed by atoms with Crippen molar-refractivity contribution in [3.8, 4) is 0 Å². The monoisotopic (exact) mass is 267 g/mol. The smallest absolute Gasteiger partial charge is 0.321 e. The van der Waals surface area contributed by atoms with E-state index in [4.69, 9.17) is 5.73 Å². The highest BCUT2D eigenvalue weighted by atomic mass is 32.2. The minimum Gasteiger partial charge on any atom is -0.398 e. The van der Waals surface area contributed by atoms with Gasteiger partial charge in [-0.05, 0) is 25.5 Å². The Morgan fingerprint density at radius 2 is 2.06 bits per heavy atom. The Morgan fingerprint density at radius 3 is 2.67 bits per heavy atom. The van der Waals surface area contributed by atoms with Crippen molar-refractivity contribution in [1.29, 1.82) is 0 Å². The summed E-state index contributed by atoms with van der Waals surface area (Å²) < 4.78 is 0. The molecule has 6 heteroatoms. The summed E-state index contributed by atoms with van der Waals surface area (Å²) in [5, 5.41) is 4.17. The van der Waals surface area contributed by atoms with Gasteiger partial charge in [0.05, 0.1) is 5.25 Å². The number of benzene rings is 1. The number of urea groups is 1. The molecule has 18 heavy (non-hydrogen) atoms. The van der Waals surface area contributed by atoms with E-state index in [0.717, 1.165) is 10.5 Å². The first-order chi connectivity index (χ1) is 8.45. The molecule has 1 aromatic carbocycles. The minimum absolute atomic E-state index is 0.347. The van der Waals surface area contributed by atoms with E-state index in [0.29, 0.717) is 5.69 Å². The Bertz CT molecular complexity index is 463. The largest absolute Gasteiger partial charge is 0.398 e. The number of imide groups is 1. The summed E-state index contributed by atoms with van der Waals surface area (Å²) in [5.41, 5.74) is 7.57. The molecule has 0 fully saturated rings. The number of anilines is 1. The van der Waals surface area contributed by atoms with Crippen LogP contribution in [0, 0.1) is 6.92 Å². The maximum Gasteiger partial charge on any atom is 0.321 e. The fraction of sp³-hybridized carbons (Fsp3) is 0.333. The van der Waals surface area contributed by atoms with Gasteiger partial charge in [-0.2, -0.15) is 0 Å². The zero-order chi connectivity index (χ0) is 13.7. The number of rotatable bonds is 3. The molecule has 98 valence electrons. The van der Waals surface area contributed by atoms with Crippen LogP contribution in [0.1, 0.15) is 12.5 Å². The predicted octanol–water partition coefficient (Wildman–Crippen LogP) is 1.51. The van der Waals surface area contributed by atoms with E-state index in [1.807, 2.05) is 25.1 Å². The third kappa shape index (κ3) is 3.66. The number of nitrogens with two attached hydrogens (primary N) is 1. The highest BCUT2D eigenvalue weighted by Gasteiger charge is 2.17. The van der Waals surface area contributed by atoms with Crippen LogP contribution in [-0.4, -0.2) is 24.2 Å². The molecule has 0 bridgehead atoms. The van der Waals surface area contributed by atoms with Gasteiger partial charge >= 0.3 is 6.03 Å². The normalized spacial score (nSPS) is 11.7. The molecule has 0 radical (unpaired) electrons. The Hall–Kier alpha value is -1.69. The average molecular weight is 267 g/mol. The molecule has 4 N–H and O–H groups in total. The fourth-order valence-corrected chi connectivity index (χ4v) is 2.27. The van der Waals surface area contributed by atoms with Crippen LogP contribution in [0.4, 0.5) is 10.5 Å². The molecule has 1 unspecified atom stereocenters. The lowest BCUT2D eigenvalue weighted by atomic mass is 10.2. The summed E-state index contributed by atoms with van der Waals surface area (Å²) in [6.45, 7) is 3.64. The second-order valence-corrected chi connectivity index (χ2v) is 5.20. The van der Waals surface area contributed by atoms with Gasteiger partial charge in [-0.15, -0.1) is 11.8 Å². The van der Waals surface area contributed by atoms with Gasteiger partial charge in [-0.1, -0.05) is 12.1 Å². The second kappa shape index (κ2) is 6.30. The van der Waals surface area contributed by atoms with Gasteiger partial charge in [0.15, 0.2) is 0 Å². The second-order valence-electron chi connectivity index (χ2n) is 3.82. The Balaban J connectivity index is 2.69. The molecule has 0 aliphatic carbocycles. The molecule has 3 amide bonds. The predicted molar refractivity (Wildman–Crippen MR) is 73.5 cm³/mol. The van der Waals surface area contributed by atoms with Gasteiger partial charge in [-0.25, -0.2) is 4.79 Å². The van der Waals surface area contributed by atoms with E-state index in [1.54, 1.807) is 6.92 Å². The Kier molecular flexibility index (Phi) is 5.03. The maximum absolute atomic E-state index is 11.7. The molecule has 0 aromatic heterocycles. The first-order valence-electron chi connectivity index (χ1n) is 5.50. The third-order valence-corrected chi connectivity index (χ3v) is 3.60. The van der Waals surface area contributed by atoms with Crippen molar-refractivity contribution in [2.45, 2.75) is 24.0 Å². The number of carbonyl (C=O) groups is 2. The lowest BCUT2D eigenvalue weighted by Gasteiger charge is -2.13. The number of thioether (sulfide) groups is 1. The third-order valence-electron chi connectivity index (χ3n) is 2.42. The van der Waals surface area contributed by atoms with Crippen LogP contribution in [0.15, 0.2) is 23.1 Å². The summed E-state index contributed by atoms with van der Waals surface area (Å²) in [7, 11) is 1.46. The molecule has 0 heterocycles. The van der Waals surface area contributed by atoms with E-state index < -0.39 is 11.3 Å². The van der Waals surface area contributed by atoms with E-state index in [9.17, 15) is 9.59 Å². The van der Waals surface area contributed by atoms with E-state index in [1.165, 1.54) is 18.8 Å². The SMILES string of the molecule is CNC(=O)NC(=O)C(C)Sc1cccc(C)c1N. The number of hydrogen-bond acceptors (Lipinski definition) is 4. The topological polar surface area (TPSA) is 84.2 Å². The average Bonchev–Trinajstić information content (AvgIpc) is 2.34. The number of amides is 3. The van der Waals surface area contributed by atoms with Gasteiger partial charge in [0, 0.05) is 17.6 Å². The number of carbonyl (C=O) groups excluding carboxylic acids is 2. The number of aryl methyl sites for hydroxylation is 1. The van der Waals surface area contributed by atoms with Crippen LogP contribution in [0.5, 0.6) is 0 Å². The van der Waals surface area contributed by atoms with Crippen molar-refractivity contribution >= 4 is 29.4 Å². The minimum atomic E-state index is -0.510. The quantitative estimate of drug-likeness (QED) is 0.572. The molecule has 0 saturated carbocycles. The molecule has 0 aliphatic rings. The van der Waals surface area contributed by atoms with Crippen LogP contribution in [0.2, 0.25) is 0 Å². The zero-order valence-electron chi connectivity index (χ0n) is 10.6. The highest BCUT2D eigenvalue weighted by Crippen LogP contribution is 2.30. The summed E-state index contributed by atoms with van der Waals surface area (Å²) >= 11 is 1.33. The Morgan fingerprint density at radius 1 is 1.39 bits per heavy atom. The lowest BCUT2D eigenvalue weighted by molar-refractivity contribution is -0.119. The van der Waals surface area contributed by atoms with Crippen molar-refractivity contribution in [3.05, 3.63) is 23.8 Å². The first-order valence-corrected chi connectivity index (χ1v) is 6.38. The van der Waals surface area contributed by atoms with Gasteiger partial charge in [-0.3, -0.25) is 10.1 Å². The van der Waals surface area contributed by atoms with Gasteiger partial charge in [0.1, 0.15) is 0 Å². The van der Waals surface area contributed by atoms with Crippen molar-refractivity contribution in [1.82, 2.24) is 10.6 Å². The van der Waals surface area contributed by atoms with Crippen LogP contribution in [-0.2, 0) is 4.79 Å². The van der Waals surface area contributed by atoms with Gasteiger partial charge in [0.25, 0.3) is 0 Å².